The Morgan fingerprint density at radius 1 is 1.47 bits per heavy atom. The molecule has 0 aliphatic rings. The molecule has 1 heterocycles. The van der Waals surface area contributed by atoms with Gasteiger partial charge in [-0.1, -0.05) is 5.10 Å². The van der Waals surface area contributed by atoms with E-state index in [0.717, 1.165) is 0 Å². The van der Waals surface area contributed by atoms with E-state index in [1.807, 2.05) is 0 Å². The summed E-state index contributed by atoms with van der Waals surface area (Å²) < 4.78 is 0. The molecule has 10 heteroatoms. The Hall–Kier alpha value is -2.36. The molecule has 104 valence electrons. The van der Waals surface area contributed by atoms with Crippen molar-refractivity contribution in [2.75, 3.05) is 11.9 Å². The Kier molecular flexibility index (Phi) is 6.09. The van der Waals surface area contributed by atoms with Crippen molar-refractivity contribution in [1.82, 2.24) is 25.9 Å². The third-order valence-electron chi connectivity index (χ3n) is 2.29. The monoisotopic (exact) mass is 268 g/mol. The average molecular weight is 268 g/mol. The lowest BCUT2D eigenvalue weighted by molar-refractivity contribution is -0.117. The van der Waals surface area contributed by atoms with Crippen LogP contribution < -0.4 is 16.4 Å². The lowest BCUT2D eigenvalue weighted by Crippen LogP contribution is -2.36. The van der Waals surface area contributed by atoms with Gasteiger partial charge < -0.3 is 16.5 Å². The first-order valence-corrected chi connectivity index (χ1v) is 5.71. The molecule has 0 aromatic carbocycles. The summed E-state index contributed by atoms with van der Waals surface area (Å²) in [6.45, 7) is 0.452. The number of rotatable bonds is 8. The summed E-state index contributed by atoms with van der Waals surface area (Å²) in [4.78, 5) is 22.3. The van der Waals surface area contributed by atoms with Gasteiger partial charge in [0.05, 0.1) is 12.3 Å². The minimum Gasteiger partial charge on any atom is -0.351 e. The van der Waals surface area contributed by atoms with Crippen LogP contribution in [0.15, 0.2) is 0 Å². The van der Waals surface area contributed by atoms with E-state index in [9.17, 15) is 9.59 Å². The van der Waals surface area contributed by atoms with Gasteiger partial charge >= 0.3 is 0 Å². The molecule has 1 rings (SSSR count). The van der Waals surface area contributed by atoms with E-state index in [2.05, 4.69) is 31.3 Å². The van der Waals surface area contributed by atoms with Crippen LogP contribution in [0, 0.1) is 5.41 Å². The fourth-order valence-corrected chi connectivity index (χ4v) is 1.30. The highest BCUT2D eigenvalue weighted by atomic mass is 16.2. The number of unbranched alkanes of at least 4 members (excludes halogenated alkanes) is 1. The number of hydrogen-bond acceptors (Lipinski definition) is 7. The van der Waals surface area contributed by atoms with Crippen LogP contribution in [0.4, 0.5) is 5.95 Å². The first kappa shape index (κ1) is 14.7. The standard InChI is InChI=1S/C9H16N8O2/c10-5-7(18)12-4-2-1-3-6(11)8(19)13-9-14-16-17-15-9/h5-6,10H,1-4,11H2,(H,12,18)(H2,13,14,15,16,17,19)/t6-/m0/s1. The Morgan fingerprint density at radius 2 is 2.26 bits per heavy atom. The van der Waals surface area contributed by atoms with E-state index in [0.29, 0.717) is 32.0 Å². The van der Waals surface area contributed by atoms with Crippen LogP contribution in [0.5, 0.6) is 0 Å². The molecule has 0 fully saturated rings. The second-order valence-electron chi connectivity index (χ2n) is 3.76. The number of nitrogens with two attached hydrogens (primary N) is 1. The summed E-state index contributed by atoms with van der Waals surface area (Å²) in [6.07, 6.45) is 2.55. The van der Waals surface area contributed by atoms with Crippen molar-refractivity contribution >= 4 is 24.0 Å². The molecular weight excluding hydrogens is 252 g/mol. The number of hydrogen-bond donors (Lipinski definition) is 5. The van der Waals surface area contributed by atoms with Gasteiger partial charge in [-0.2, -0.15) is 5.21 Å². The second-order valence-corrected chi connectivity index (χ2v) is 3.76. The van der Waals surface area contributed by atoms with Crippen molar-refractivity contribution in [3.05, 3.63) is 0 Å². The number of H-pyrrole nitrogens is 1. The predicted octanol–water partition coefficient (Wildman–Crippen LogP) is -1.60. The Labute approximate surface area is 109 Å². The van der Waals surface area contributed by atoms with E-state index in [-0.39, 0.29) is 11.9 Å². The average Bonchev–Trinajstić information content (AvgIpc) is 2.90. The second kappa shape index (κ2) is 7.87. The maximum absolute atomic E-state index is 11.6. The number of aromatic nitrogens is 4. The minimum absolute atomic E-state index is 0.0821. The maximum atomic E-state index is 11.6. The molecule has 0 bridgehead atoms. The molecule has 0 spiro atoms. The molecule has 1 aromatic rings. The molecule has 19 heavy (non-hydrogen) atoms. The van der Waals surface area contributed by atoms with Crippen LogP contribution in [0.1, 0.15) is 19.3 Å². The third kappa shape index (κ3) is 5.68. The van der Waals surface area contributed by atoms with E-state index in [1.54, 1.807) is 0 Å². The molecule has 1 aromatic heterocycles. The van der Waals surface area contributed by atoms with Crippen molar-refractivity contribution in [3.8, 4) is 0 Å². The van der Waals surface area contributed by atoms with E-state index in [1.165, 1.54) is 0 Å². The van der Waals surface area contributed by atoms with Crippen LogP contribution in [0.2, 0.25) is 0 Å². The van der Waals surface area contributed by atoms with Gasteiger partial charge in [0.2, 0.25) is 5.91 Å². The fraction of sp³-hybridized carbons (Fsp3) is 0.556. The maximum Gasteiger partial charge on any atom is 0.269 e. The highest BCUT2D eigenvalue weighted by Crippen LogP contribution is 2.01. The molecule has 10 nitrogen and oxygen atoms in total. The van der Waals surface area contributed by atoms with Crippen LogP contribution >= 0.6 is 0 Å². The number of tetrazole rings is 1. The minimum atomic E-state index is -0.670. The molecule has 6 N–H and O–H groups in total. The van der Waals surface area contributed by atoms with Gasteiger partial charge in [0, 0.05) is 6.54 Å². The fourth-order valence-electron chi connectivity index (χ4n) is 1.30. The molecule has 0 radical (unpaired) electrons. The van der Waals surface area contributed by atoms with Crippen molar-refractivity contribution in [1.29, 1.82) is 5.41 Å². The number of carbonyl (C=O) groups is 2. The van der Waals surface area contributed by atoms with Gasteiger partial charge in [0.1, 0.15) is 0 Å². The van der Waals surface area contributed by atoms with E-state index < -0.39 is 11.9 Å². The third-order valence-corrected chi connectivity index (χ3v) is 2.29. The molecule has 0 unspecified atom stereocenters. The van der Waals surface area contributed by atoms with Crippen molar-refractivity contribution in [2.24, 2.45) is 5.73 Å². The zero-order valence-electron chi connectivity index (χ0n) is 10.2. The summed E-state index contributed by atoms with van der Waals surface area (Å²) in [5.41, 5.74) is 5.68. The molecule has 2 amide bonds. The highest BCUT2D eigenvalue weighted by Gasteiger charge is 2.14. The number of aromatic amines is 1. The van der Waals surface area contributed by atoms with Gasteiger partial charge in [-0.05, 0) is 24.5 Å². The lowest BCUT2D eigenvalue weighted by Gasteiger charge is -2.09. The first-order valence-electron chi connectivity index (χ1n) is 5.71. The molecule has 0 saturated carbocycles. The number of nitrogens with one attached hydrogen (secondary N) is 4. The Bertz CT molecular complexity index is 418. The highest BCUT2D eigenvalue weighted by molar-refractivity contribution is 6.24. The Morgan fingerprint density at radius 3 is 2.89 bits per heavy atom. The zero-order valence-corrected chi connectivity index (χ0v) is 10.2. The summed E-state index contributed by atoms with van der Waals surface area (Å²) in [5.74, 6) is -0.734. The number of nitrogens with zero attached hydrogens (tertiary/aromatic N) is 3. The summed E-state index contributed by atoms with van der Waals surface area (Å²) in [6, 6.07) is -0.670. The van der Waals surface area contributed by atoms with Crippen molar-refractivity contribution < 1.29 is 9.59 Å². The SMILES string of the molecule is N=CC(=O)NCCCC[C@H](N)C(=O)Nc1nn[nH]n1. The number of amides is 2. The van der Waals surface area contributed by atoms with Gasteiger partial charge in [0.25, 0.3) is 11.9 Å². The van der Waals surface area contributed by atoms with Gasteiger partial charge in [-0.25, -0.2) is 0 Å². The zero-order chi connectivity index (χ0) is 14.1. The predicted molar refractivity (Wildman–Crippen MR) is 66.4 cm³/mol. The van der Waals surface area contributed by atoms with Crippen LogP contribution in [0.25, 0.3) is 0 Å². The Balaban J connectivity index is 2.13. The van der Waals surface area contributed by atoms with Crippen molar-refractivity contribution in [2.45, 2.75) is 25.3 Å². The summed E-state index contributed by atoms with van der Waals surface area (Å²) >= 11 is 0. The number of carbonyl (C=O) groups excluding carboxylic acids is 2. The number of anilines is 1. The molecule has 1 atom stereocenters. The smallest absolute Gasteiger partial charge is 0.269 e. The van der Waals surface area contributed by atoms with Crippen molar-refractivity contribution in [3.63, 3.8) is 0 Å². The quantitative estimate of drug-likeness (QED) is 0.281. The first-order chi connectivity index (χ1) is 9.13. The largest absolute Gasteiger partial charge is 0.351 e. The van der Waals surface area contributed by atoms with Crippen LogP contribution in [-0.2, 0) is 9.59 Å². The summed E-state index contributed by atoms with van der Waals surface area (Å²) in [5, 5.41) is 24.3. The van der Waals surface area contributed by atoms with Gasteiger partial charge in [0.15, 0.2) is 0 Å². The van der Waals surface area contributed by atoms with E-state index in [4.69, 9.17) is 11.1 Å². The molecule has 0 saturated heterocycles. The van der Waals surface area contributed by atoms with Gasteiger partial charge in [-0.3, -0.25) is 14.9 Å². The lowest BCUT2D eigenvalue weighted by atomic mass is 10.1. The van der Waals surface area contributed by atoms with Crippen LogP contribution in [0.3, 0.4) is 0 Å². The van der Waals surface area contributed by atoms with Crippen LogP contribution in [-0.4, -0.2) is 51.2 Å². The van der Waals surface area contributed by atoms with Gasteiger partial charge in [-0.15, -0.1) is 5.10 Å². The molecule has 0 aliphatic heterocycles. The van der Waals surface area contributed by atoms with E-state index >= 15 is 0 Å². The topological polar surface area (TPSA) is 163 Å². The normalized spacial score (nSPS) is 11.6. The summed E-state index contributed by atoms with van der Waals surface area (Å²) in [7, 11) is 0. The molecule has 0 aliphatic carbocycles. The molecular formula is C9H16N8O2.